The quantitative estimate of drug-likeness (QED) is 0.812. The number of pyridine rings is 1. The van der Waals surface area contributed by atoms with Crippen LogP contribution in [0.5, 0.6) is 5.75 Å². The average Bonchev–Trinajstić information content (AvgIpc) is 2.34. The molecule has 0 atom stereocenters. The fraction of sp³-hybridized carbons (Fsp3) is 0.143. The van der Waals surface area contributed by atoms with E-state index in [0.717, 1.165) is 5.56 Å². The van der Waals surface area contributed by atoms with Crippen LogP contribution < -0.4 is 5.32 Å². The Morgan fingerprint density at radius 2 is 2.17 bits per heavy atom. The molecular formula is C14H14N2O2. The lowest BCUT2D eigenvalue weighted by atomic mass is 10.2. The maximum absolute atomic E-state index is 11.8. The number of hydrogen-bond donors (Lipinski definition) is 2. The fourth-order valence-electron chi connectivity index (χ4n) is 1.61. The van der Waals surface area contributed by atoms with Gasteiger partial charge < -0.3 is 10.4 Å². The average molecular weight is 242 g/mol. The smallest absolute Gasteiger partial charge is 0.230 e. The summed E-state index contributed by atoms with van der Waals surface area (Å²) < 4.78 is 0. The van der Waals surface area contributed by atoms with Crippen LogP contribution in [0, 0.1) is 6.92 Å². The SMILES string of the molecule is Cc1ccc(NC(=O)Cc2ccccn2)c(O)c1. The van der Waals surface area contributed by atoms with Crippen molar-refractivity contribution in [3.05, 3.63) is 53.9 Å². The van der Waals surface area contributed by atoms with Gasteiger partial charge in [0.25, 0.3) is 0 Å². The molecule has 0 aliphatic heterocycles. The predicted octanol–water partition coefficient (Wildman–Crippen LogP) is 2.28. The van der Waals surface area contributed by atoms with Gasteiger partial charge in [-0.05, 0) is 36.8 Å². The molecule has 1 heterocycles. The number of hydrogen-bond acceptors (Lipinski definition) is 3. The molecule has 4 heteroatoms. The summed E-state index contributed by atoms with van der Waals surface area (Å²) in [5.41, 5.74) is 2.05. The molecule has 0 bridgehead atoms. The second kappa shape index (κ2) is 5.31. The van der Waals surface area contributed by atoms with E-state index in [4.69, 9.17) is 0 Å². The van der Waals surface area contributed by atoms with Crippen molar-refractivity contribution in [3.63, 3.8) is 0 Å². The van der Waals surface area contributed by atoms with E-state index in [1.54, 1.807) is 30.5 Å². The number of carbonyl (C=O) groups excluding carboxylic acids is 1. The van der Waals surface area contributed by atoms with Gasteiger partial charge in [-0.1, -0.05) is 12.1 Å². The Kier molecular flexibility index (Phi) is 3.57. The predicted molar refractivity (Wildman–Crippen MR) is 69.4 cm³/mol. The number of carbonyl (C=O) groups is 1. The van der Waals surface area contributed by atoms with Crippen LogP contribution in [0.25, 0.3) is 0 Å². The Morgan fingerprint density at radius 3 is 2.83 bits per heavy atom. The summed E-state index contributed by atoms with van der Waals surface area (Å²) in [6.45, 7) is 1.87. The summed E-state index contributed by atoms with van der Waals surface area (Å²) in [6, 6.07) is 10.5. The molecule has 2 N–H and O–H groups in total. The lowest BCUT2D eigenvalue weighted by Crippen LogP contribution is -2.15. The standard InChI is InChI=1S/C14H14N2O2/c1-10-5-6-12(13(17)8-10)16-14(18)9-11-4-2-3-7-15-11/h2-8,17H,9H2,1H3,(H,16,18). The summed E-state index contributed by atoms with van der Waals surface area (Å²) in [5, 5.41) is 12.3. The fourth-order valence-corrected chi connectivity index (χ4v) is 1.61. The number of benzene rings is 1. The topological polar surface area (TPSA) is 62.2 Å². The number of aromatic hydroxyl groups is 1. The van der Waals surface area contributed by atoms with Gasteiger partial charge in [0.15, 0.2) is 0 Å². The first-order valence-corrected chi connectivity index (χ1v) is 5.64. The molecule has 0 radical (unpaired) electrons. The second-order valence-electron chi connectivity index (χ2n) is 4.07. The van der Waals surface area contributed by atoms with Gasteiger partial charge >= 0.3 is 0 Å². The maximum Gasteiger partial charge on any atom is 0.230 e. The second-order valence-corrected chi connectivity index (χ2v) is 4.07. The Bertz CT molecular complexity index is 553. The highest BCUT2D eigenvalue weighted by atomic mass is 16.3. The van der Waals surface area contributed by atoms with Crippen molar-refractivity contribution < 1.29 is 9.90 Å². The zero-order valence-corrected chi connectivity index (χ0v) is 10.1. The third-order valence-electron chi connectivity index (χ3n) is 2.50. The molecule has 1 aromatic heterocycles. The first-order valence-electron chi connectivity index (χ1n) is 5.64. The number of phenolic OH excluding ortho intramolecular Hbond substituents is 1. The van der Waals surface area contributed by atoms with E-state index in [2.05, 4.69) is 10.3 Å². The molecule has 18 heavy (non-hydrogen) atoms. The van der Waals surface area contributed by atoms with Crippen LogP contribution in [0.3, 0.4) is 0 Å². The highest BCUT2D eigenvalue weighted by Crippen LogP contribution is 2.23. The van der Waals surface area contributed by atoms with Crippen LogP contribution in [-0.2, 0) is 11.2 Å². The van der Waals surface area contributed by atoms with Crippen molar-refractivity contribution >= 4 is 11.6 Å². The molecule has 0 fully saturated rings. The molecule has 4 nitrogen and oxygen atoms in total. The van der Waals surface area contributed by atoms with E-state index < -0.39 is 0 Å². The highest BCUT2D eigenvalue weighted by Gasteiger charge is 2.07. The molecule has 92 valence electrons. The molecule has 0 unspecified atom stereocenters. The van der Waals surface area contributed by atoms with Crippen molar-refractivity contribution in [2.75, 3.05) is 5.32 Å². The highest BCUT2D eigenvalue weighted by molar-refractivity contribution is 5.93. The zero-order valence-electron chi connectivity index (χ0n) is 10.1. The van der Waals surface area contributed by atoms with Gasteiger partial charge in [-0.15, -0.1) is 0 Å². The summed E-state index contributed by atoms with van der Waals surface area (Å²) in [7, 11) is 0. The monoisotopic (exact) mass is 242 g/mol. The number of nitrogens with one attached hydrogen (secondary N) is 1. The number of phenols is 1. The Labute approximate surface area is 105 Å². The molecule has 0 saturated heterocycles. The molecule has 0 aliphatic rings. The van der Waals surface area contributed by atoms with E-state index in [9.17, 15) is 9.90 Å². The number of aryl methyl sites for hydroxylation is 1. The Morgan fingerprint density at radius 1 is 1.33 bits per heavy atom. The van der Waals surface area contributed by atoms with E-state index in [-0.39, 0.29) is 18.1 Å². The molecule has 0 spiro atoms. The molecule has 2 rings (SSSR count). The summed E-state index contributed by atoms with van der Waals surface area (Å²) in [4.78, 5) is 15.8. The van der Waals surface area contributed by atoms with Gasteiger partial charge in [-0.3, -0.25) is 9.78 Å². The first-order chi connectivity index (χ1) is 8.65. The molecule has 0 aliphatic carbocycles. The first kappa shape index (κ1) is 12.1. The van der Waals surface area contributed by atoms with Crippen molar-refractivity contribution in [2.24, 2.45) is 0 Å². The number of amides is 1. The normalized spacial score (nSPS) is 10.1. The van der Waals surface area contributed by atoms with Gasteiger partial charge in [0.05, 0.1) is 12.1 Å². The van der Waals surface area contributed by atoms with Crippen molar-refractivity contribution in [2.45, 2.75) is 13.3 Å². The third-order valence-corrected chi connectivity index (χ3v) is 2.50. The van der Waals surface area contributed by atoms with Crippen molar-refractivity contribution in [1.82, 2.24) is 4.98 Å². The van der Waals surface area contributed by atoms with Gasteiger partial charge in [-0.25, -0.2) is 0 Å². The van der Waals surface area contributed by atoms with E-state index in [0.29, 0.717) is 11.4 Å². The van der Waals surface area contributed by atoms with Crippen LogP contribution in [0.2, 0.25) is 0 Å². The number of nitrogens with zero attached hydrogens (tertiary/aromatic N) is 1. The Balaban J connectivity index is 2.03. The summed E-state index contributed by atoms with van der Waals surface area (Å²) in [6.07, 6.45) is 1.83. The maximum atomic E-state index is 11.8. The summed E-state index contributed by atoms with van der Waals surface area (Å²) >= 11 is 0. The minimum absolute atomic E-state index is 0.0735. The molecule has 0 saturated carbocycles. The van der Waals surface area contributed by atoms with Crippen LogP contribution >= 0.6 is 0 Å². The molecule has 1 aromatic carbocycles. The van der Waals surface area contributed by atoms with Gasteiger partial charge in [0.1, 0.15) is 5.75 Å². The van der Waals surface area contributed by atoms with Crippen LogP contribution in [0.1, 0.15) is 11.3 Å². The van der Waals surface area contributed by atoms with Crippen molar-refractivity contribution in [1.29, 1.82) is 0 Å². The minimum atomic E-state index is -0.201. The Hall–Kier alpha value is -2.36. The van der Waals surface area contributed by atoms with Crippen LogP contribution in [0.15, 0.2) is 42.6 Å². The molecular weight excluding hydrogens is 228 g/mol. The van der Waals surface area contributed by atoms with Crippen molar-refractivity contribution in [3.8, 4) is 5.75 Å². The lowest BCUT2D eigenvalue weighted by molar-refractivity contribution is -0.115. The molecule has 1 amide bonds. The zero-order chi connectivity index (χ0) is 13.0. The van der Waals surface area contributed by atoms with E-state index >= 15 is 0 Å². The summed E-state index contributed by atoms with van der Waals surface area (Å²) in [5.74, 6) is -0.128. The minimum Gasteiger partial charge on any atom is -0.506 e. The lowest BCUT2D eigenvalue weighted by Gasteiger charge is -2.07. The third kappa shape index (κ3) is 3.07. The van der Waals surface area contributed by atoms with E-state index in [1.165, 1.54) is 0 Å². The van der Waals surface area contributed by atoms with Gasteiger partial charge in [0.2, 0.25) is 5.91 Å². The molecule has 2 aromatic rings. The van der Waals surface area contributed by atoms with Crippen LogP contribution in [-0.4, -0.2) is 16.0 Å². The van der Waals surface area contributed by atoms with Gasteiger partial charge in [0, 0.05) is 11.9 Å². The number of aromatic nitrogens is 1. The van der Waals surface area contributed by atoms with E-state index in [1.807, 2.05) is 19.1 Å². The number of anilines is 1. The van der Waals surface area contributed by atoms with Crippen LogP contribution in [0.4, 0.5) is 5.69 Å². The van der Waals surface area contributed by atoms with Gasteiger partial charge in [-0.2, -0.15) is 0 Å². The number of rotatable bonds is 3. The largest absolute Gasteiger partial charge is 0.506 e.